The zero-order valence-electron chi connectivity index (χ0n) is 17.1. The quantitative estimate of drug-likeness (QED) is 0.239. The minimum atomic E-state index is -0.513. The van der Waals surface area contributed by atoms with Crippen molar-refractivity contribution < 1.29 is 19.5 Å². The summed E-state index contributed by atoms with van der Waals surface area (Å²) >= 11 is 0. The molecule has 2 amide bonds. The predicted molar refractivity (Wildman–Crippen MR) is 116 cm³/mol. The monoisotopic (exact) mass is 422 g/mol. The van der Waals surface area contributed by atoms with Crippen LogP contribution in [0.1, 0.15) is 50.4 Å². The van der Waals surface area contributed by atoms with Crippen LogP contribution < -0.4 is 10.8 Å². The minimum Gasteiger partial charge on any atom is -0.488 e. The molecule has 0 radical (unpaired) electrons. The minimum absolute atomic E-state index is 0.167. The highest BCUT2D eigenvalue weighted by molar-refractivity contribution is 6.04. The van der Waals surface area contributed by atoms with Crippen molar-refractivity contribution in [1.29, 1.82) is 0 Å². The van der Waals surface area contributed by atoms with Crippen molar-refractivity contribution in [2.75, 3.05) is 0 Å². The number of benzene rings is 2. The number of fused-ring (bicyclic) bond motifs is 3. The van der Waals surface area contributed by atoms with Gasteiger partial charge in [0.15, 0.2) is 6.10 Å². The zero-order valence-corrected chi connectivity index (χ0v) is 17.1. The molecule has 2 heterocycles. The highest BCUT2D eigenvalue weighted by atomic mass is 16.5. The van der Waals surface area contributed by atoms with Crippen molar-refractivity contribution in [1.82, 2.24) is 20.8 Å². The van der Waals surface area contributed by atoms with Crippen LogP contribution in [-0.4, -0.2) is 33.1 Å². The maximum Gasteiger partial charge on any atom is 0.261 e. The number of unbranched alkanes of at least 4 members (excludes halogenated alkanes) is 2. The second-order valence-electron chi connectivity index (χ2n) is 7.73. The van der Waals surface area contributed by atoms with E-state index in [0.29, 0.717) is 25.1 Å². The summed E-state index contributed by atoms with van der Waals surface area (Å²) < 4.78 is 5.36. The van der Waals surface area contributed by atoms with Gasteiger partial charge in [-0.3, -0.25) is 14.8 Å². The summed E-state index contributed by atoms with van der Waals surface area (Å²) in [5.74, 6) is 0.152. The summed E-state index contributed by atoms with van der Waals surface area (Å²) in [6, 6.07) is 11.8. The lowest BCUT2D eigenvalue weighted by Gasteiger charge is -2.19. The normalized spacial score (nSPS) is 16.4. The Kier molecular flexibility index (Phi) is 6.47. The Hall–Kier alpha value is -3.39. The van der Waals surface area contributed by atoms with E-state index < -0.39 is 6.10 Å². The van der Waals surface area contributed by atoms with Crippen molar-refractivity contribution >= 4 is 33.6 Å². The van der Waals surface area contributed by atoms with Crippen LogP contribution in [0.4, 0.5) is 0 Å². The zero-order chi connectivity index (χ0) is 21.6. The van der Waals surface area contributed by atoms with E-state index in [1.54, 1.807) is 11.7 Å². The summed E-state index contributed by atoms with van der Waals surface area (Å²) in [6.45, 7) is 0. The van der Waals surface area contributed by atoms with E-state index in [0.717, 1.165) is 34.6 Å². The topological polar surface area (TPSA) is 116 Å². The first kappa shape index (κ1) is 20.9. The maximum absolute atomic E-state index is 12.7. The third-order valence-corrected chi connectivity index (χ3v) is 5.55. The number of H-pyrrole nitrogens is 1. The molecule has 162 valence electrons. The molecule has 4 N–H and O–H groups in total. The van der Waals surface area contributed by atoms with Gasteiger partial charge < -0.3 is 15.0 Å². The summed E-state index contributed by atoms with van der Waals surface area (Å²) in [5.41, 5.74) is 3.45. The SMILES string of the molecule is O=C(CCCCC[C@H](NC(=O)C1CC=CO1)c1nc2c(ccc3ccccc32)[nH]1)NO. The van der Waals surface area contributed by atoms with Crippen molar-refractivity contribution in [2.24, 2.45) is 0 Å². The third-order valence-electron chi connectivity index (χ3n) is 5.55. The summed E-state index contributed by atoms with van der Waals surface area (Å²) in [5, 5.41) is 13.9. The molecule has 1 unspecified atom stereocenters. The fourth-order valence-electron chi connectivity index (χ4n) is 3.89. The lowest BCUT2D eigenvalue weighted by molar-refractivity contribution is -0.130. The van der Waals surface area contributed by atoms with E-state index in [1.165, 1.54) is 0 Å². The molecular formula is C23H26N4O4. The number of nitrogens with one attached hydrogen (secondary N) is 3. The van der Waals surface area contributed by atoms with Crippen LogP contribution in [0.5, 0.6) is 0 Å². The van der Waals surface area contributed by atoms with E-state index in [-0.39, 0.29) is 24.3 Å². The van der Waals surface area contributed by atoms with Gasteiger partial charge in [-0.1, -0.05) is 43.2 Å². The number of carbonyl (C=O) groups is 2. The van der Waals surface area contributed by atoms with E-state index in [1.807, 2.05) is 30.3 Å². The number of carbonyl (C=O) groups excluding carboxylic acids is 2. The van der Waals surface area contributed by atoms with Gasteiger partial charge in [-0.05, 0) is 30.4 Å². The number of hydrogen-bond acceptors (Lipinski definition) is 5. The van der Waals surface area contributed by atoms with Crippen molar-refractivity contribution in [3.8, 4) is 0 Å². The summed E-state index contributed by atoms with van der Waals surface area (Å²) in [4.78, 5) is 32.1. The molecule has 0 saturated carbocycles. The highest BCUT2D eigenvalue weighted by Crippen LogP contribution is 2.27. The maximum atomic E-state index is 12.7. The summed E-state index contributed by atoms with van der Waals surface area (Å²) in [7, 11) is 0. The molecule has 0 spiro atoms. The molecule has 0 fully saturated rings. The number of aromatic amines is 1. The van der Waals surface area contributed by atoms with Gasteiger partial charge in [-0.25, -0.2) is 10.5 Å². The molecule has 1 aliphatic rings. The second-order valence-corrected chi connectivity index (χ2v) is 7.73. The first-order valence-electron chi connectivity index (χ1n) is 10.6. The number of nitrogens with zero attached hydrogens (tertiary/aromatic N) is 1. The Morgan fingerprint density at radius 1 is 1.19 bits per heavy atom. The molecule has 2 atom stereocenters. The van der Waals surface area contributed by atoms with E-state index in [2.05, 4.69) is 22.4 Å². The average Bonchev–Trinajstić information content (AvgIpc) is 3.48. The van der Waals surface area contributed by atoms with Crippen molar-refractivity contribution in [3.05, 3.63) is 54.6 Å². The number of rotatable bonds is 9. The molecule has 3 aromatic rings. The molecule has 4 rings (SSSR count). The Morgan fingerprint density at radius 2 is 2.06 bits per heavy atom. The van der Waals surface area contributed by atoms with Gasteiger partial charge in [0.2, 0.25) is 5.91 Å². The molecule has 1 aliphatic heterocycles. The Balaban J connectivity index is 1.51. The van der Waals surface area contributed by atoms with E-state index >= 15 is 0 Å². The van der Waals surface area contributed by atoms with Gasteiger partial charge in [0.1, 0.15) is 5.82 Å². The molecule has 0 bridgehead atoms. The number of imidazole rings is 1. The van der Waals surface area contributed by atoms with Crippen LogP contribution in [0, 0.1) is 0 Å². The largest absolute Gasteiger partial charge is 0.488 e. The number of aromatic nitrogens is 2. The first-order chi connectivity index (χ1) is 15.2. The van der Waals surface area contributed by atoms with Crippen molar-refractivity contribution in [3.63, 3.8) is 0 Å². The lowest BCUT2D eigenvalue weighted by Crippen LogP contribution is -2.37. The van der Waals surface area contributed by atoms with Crippen LogP contribution in [0.15, 0.2) is 48.7 Å². The standard InChI is InChI=1S/C23H26N4O4/c28-20(27-30)11-3-1-2-9-18(25-23(29)19-10-6-14-31-19)22-24-17-13-12-15-7-4-5-8-16(15)21(17)26-22/h4-8,12-14,18-19,30H,1-3,9-11H2,(H,24,26)(H,25,29)(H,27,28)/t18-,19?/m0/s1. The fourth-order valence-corrected chi connectivity index (χ4v) is 3.89. The molecule has 2 aromatic carbocycles. The van der Waals surface area contributed by atoms with Gasteiger partial charge in [0.25, 0.3) is 5.91 Å². The second kappa shape index (κ2) is 9.61. The molecular weight excluding hydrogens is 396 g/mol. The lowest BCUT2D eigenvalue weighted by atomic mass is 10.1. The highest BCUT2D eigenvalue weighted by Gasteiger charge is 2.26. The molecule has 1 aromatic heterocycles. The van der Waals surface area contributed by atoms with Crippen LogP contribution in [0.25, 0.3) is 21.8 Å². The Morgan fingerprint density at radius 3 is 2.87 bits per heavy atom. The van der Waals surface area contributed by atoms with Gasteiger partial charge >= 0.3 is 0 Å². The van der Waals surface area contributed by atoms with Gasteiger partial charge in [0, 0.05) is 18.2 Å². The Labute approximate surface area is 179 Å². The number of amides is 2. The van der Waals surface area contributed by atoms with Crippen LogP contribution in [-0.2, 0) is 14.3 Å². The van der Waals surface area contributed by atoms with Crippen LogP contribution in [0.2, 0.25) is 0 Å². The number of ether oxygens (including phenoxy) is 1. The molecule has 0 saturated heterocycles. The molecule has 8 heteroatoms. The Bertz CT molecular complexity index is 1100. The van der Waals surface area contributed by atoms with Gasteiger partial charge in [0.05, 0.1) is 23.3 Å². The first-order valence-corrected chi connectivity index (χ1v) is 10.6. The van der Waals surface area contributed by atoms with Crippen LogP contribution >= 0.6 is 0 Å². The van der Waals surface area contributed by atoms with Crippen LogP contribution in [0.3, 0.4) is 0 Å². The average molecular weight is 422 g/mol. The summed E-state index contributed by atoms with van der Waals surface area (Å²) in [6.07, 6.45) is 6.62. The number of hydrogen-bond donors (Lipinski definition) is 4. The van der Waals surface area contributed by atoms with Gasteiger partial charge in [-0.2, -0.15) is 0 Å². The predicted octanol–water partition coefficient (Wildman–Crippen LogP) is 3.63. The van der Waals surface area contributed by atoms with E-state index in [9.17, 15) is 9.59 Å². The molecule has 31 heavy (non-hydrogen) atoms. The number of hydroxylamine groups is 1. The molecule has 8 nitrogen and oxygen atoms in total. The molecule has 0 aliphatic carbocycles. The smallest absolute Gasteiger partial charge is 0.261 e. The van der Waals surface area contributed by atoms with E-state index in [4.69, 9.17) is 14.9 Å². The third kappa shape index (κ3) is 4.86. The fraction of sp³-hybridized carbons (Fsp3) is 0.348. The van der Waals surface area contributed by atoms with Gasteiger partial charge in [-0.15, -0.1) is 0 Å². The van der Waals surface area contributed by atoms with Crippen molar-refractivity contribution in [2.45, 2.75) is 50.7 Å².